The minimum Gasteiger partial charge on any atom is -0.507 e. The predicted molar refractivity (Wildman–Crippen MR) is 107 cm³/mol. The number of hydrogen-bond acceptors (Lipinski definition) is 4. The number of benzene rings is 2. The van der Waals surface area contributed by atoms with Gasteiger partial charge in [-0.25, -0.2) is 0 Å². The van der Waals surface area contributed by atoms with E-state index in [-0.39, 0.29) is 5.60 Å². The van der Waals surface area contributed by atoms with E-state index in [0.29, 0.717) is 12.2 Å². The Morgan fingerprint density at radius 3 is 2.44 bits per heavy atom. The molecule has 2 N–H and O–H groups in total. The molecule has 0 aliphatic carbocycles. The molecule has 0 saturated carbocycles. The van der Waals surface area contributed by atoms with Gasteiger partial charge >= 0.3 is 0 Å². The van der Waals surface area contributed by atoms with Gasteiger partial charge in [-0.3, -0.25) is 0 Å². The molecule has 0 spiro atoms. The summed E-state index contributed by atoms with van der Waals surface area (Å²) in [4.78, 5) is 0. The van der Waals surface area contributed by atoms with Gasteiger partial charge in [0.25, 0.3) is 0 Å². The monoisotopic (exact) mass is 370 g/mol. The molecule has 0 bridgehead atoms. The van der Waals surface area contributed by atoms with Gasteiger partial charge in [0.1, 0.15) is 22.8 Å². The SMILES string of the molecule is Cc1c(C)c2c(c(C)c1O)CCC(C)(C)O2.OC1CCc2ccccc2O1. The van der Waals surface area contributed by atoms with Gasteiger partial charge in [0.2, 0.25) is 0 Å². The largest absolute Gasteiger partial charge is 0.507 e. The summed E-state index contributed by atoms with van der Waals surface area (Å²) in [6.07, 6.45) is 3.00. The summed E-state index contributed by atoms with van der Waals surface area (Å²) in [5, 5.41) is 19.2. The molecule has 2 aliphatic rings. The number of aliphatic hydroxyl groups is 1. The van der Waals surface area contributed by atoms with Gasteiger partial charge in [-0.2, -0.15) is 0 Å². The maximum atomic E-state index is 10.0. The molecular formula is C23H30O4. The first kappa shape index (κ1) is 19.6. The van der Waals surface area contributed by atoms with Gasteiger partial charge in [-0.1, -0.05) is 18.2 Å². The summed E-state index contributed by atoms with van der Waals surface area (Å²) in [5.41, 5.74) is 5.28. The molecule has 27 heavy (non-hydrogen) atoms. The van der Waals surface area contributed by atoms with Crippen molar-refractivity contribution in [2.24, 2.45) is 0 Å². The van der Waals surface area contributed by atoms with E-state index in [0.717, 1.165) is 47.5 Å². The van der Waals surface area contributed by atoms with Crippen LogP contribution in [-0.2, 0) is 12.8 Å². The number of ether oxygens (including phenoxy) is 2. The summed E-state index contributed by atoms with van der Waals surface area (Å²) in [6.45, 7) is 10.2. The number of fused-ring (bicyclic) bond motifs is 2. The van der Waals surface area contributed by atoms with Crippen LogP contribution in [-0.4, -0.2) is 22.1 Å². The lowest BCUT2D eigenvalue weighted by Gasteiger charge is -2.35. The van der Waals surface area contributed by atoms with E-state index in [4.69, 9.17) is 14.6 Å². The number of hydrogen-bond donors (Lipinski definition) is 2. The molecule has 146 valence electrons. The van der Waals surface area contributed by atoms with Gasteiger partial charge in [0, 0.05) is 12.0 Å². The van der Waals surface area contributed by atoms with Crippen LogP contribution in [0.5, 0.6) is 17.2 Å². The minimum atomic E-state index is -0.607. The minimum absolute atomic E-state index is 0.0897. The maximum Gasteiger partial charge on any atom is 0.197 e. The van der Waals surface area contributed by atoms with Crippen molar-refractivity contribution in [1.29, 1.82) is 0 Å². The van der Waals surface area contributed by atoms with Gasteiger partial charge in [0.05, 0.1) is 0 Å². The smallest absolute Gasteiger partial charge is 0.197 e. The predicted octanol–water partition coefficient (Wildman–Crippen LogP) is 4.75. The van der Waals surface area contributed by atoms with Crippen molar-refractivity contribution in [2.45, 2.75) is 72.2 Å². The third kappa shape index (κ3) is 4.06. The van der Waals surface area contributed by atoms with Gasteiger partial charge < -0.3 is 19.7 Å². The number of phenols is 1. The van der Waals surface area contributed by atoms with Crippen molar-refractivity contribution < 1.29 is 19.7 Å². The van der Waals surface area contributed by atoms with E-state index in [1.165, 1.54) is 11.1 Å². The Kier molecular flexibility index (Phi) is 5.38. The lowest BCUT2D eigenvalue weighted by Crippen LogP contribution is -2.33. The molecule has 2 aromatic rings. The number of aromatic hydroxyl groups is 1. The first-order valence-corrected chi connectivity index (χ1v) is 9.63. The van der Waals surface area contributed by atoms with Crippen molar-refractivity contribution in [3.63, 3.8) is 0 Å². The van der Waals surface area contributed by atoms with Crippen molar-refractivity contribution >= 4 is 0 Å². The Hall–Kier alpha value is -2.20. The number of aliphatic hydroxyl groups excluding tert-OH is 1. The fourth-order valence-electron chi connectivity index (χ4n) is 3.67. The second-order valence-corrected chi connectivity index (χ2v) is 8.11. The summed E-state index contributed by atoms with van der Waals surface area (Å²) < 4.78 is 11.2. The molecule has 0 saturated heterocycles. The average molecular weight is 370 g/mol. The van der Waals surface area contributed by atoms with E-state index < -0.39 is 6.29 Å². The third-order valence-electron chi connectivity index (χ3n) is 5.59. The zero-order valence-corrected chi connectivity index (χ0v) is 16.9. The second-order valence-electron chi connectivity index (χ2n) is 8.11. The van der Waals surface area contributed by atoms with Crippen LogP contribution in [0.2, 0.25) is 0 Å². The highest BCUT2D eigenvalue weighted by Gasteiger charge is 2.30. The lowest BCUT2D eigenvalue weighted by atomic mass is 9.88. The Morgan fingerprint density at radius 1 is 1.00 bits per heavy atom. The summed E-state index contributed by atoms with van der Waals surface area (Å²) >= 11 is 0. The molecule has 0 fully saturated rings. The zero-order valence-electron chi connectivity index (χ0n) is 16.9. The second kappa shape index (κ2) is 7.43. The zero-order chi connectivity index (χ0) is 19.8. The molecule has 0 amide bonds. The molecule has 1 unspecified atom stereocenters. The molecule has 2 aliphatic heterocycles. The molecule has 1 atom stereocenters. The van der Waals surface area contributed by atoms with E-state index >= 15 is 0 Å². The first-order chi connectivity index (χ1) is 12.7. The van der Waals surface area contributed by atoms with E-state index in [1.54, 1.807) is 0 Å². The summed E-state index contributed by atoms with van der Waals surface area (Å²) in [7, 11) is 0. The molecule has 4 nitrogen and oxygen atoms in total. The lowest BCUT2D eigenvalue weighted by molar-refractivity contribution is -0.0316. The highest BCUT2D eigenvalue weighted by atomic mass is 16.6. The van der Waals surface area contributed by atoms with Crippen molar-refractivity contribution in [2.75, 3.05) is 0 Å². The van der Waals surface area contributed by atoms with Crippen molar-refractivity contribution in [3.05, 3.63) is 52.1 Å². The van der Waals surface area contributed by atoms with Crippen molar-refractivity contribution in [3.8, 4) is 17.2 Å². The van der Waals surface area contributed by atoms with Crippen LogP contribution < -0.4 is 9.47 Å². The summed E-state index contributed by atoms with van der Waals surface area (Å²) in [5.74, 6) is 2.25. The number of phenolic OH excluding ortho intramolecular Hbond substituents is 1. The highest BCUT2D eigenvalue weighted by molar-refractivity contribution is 5.58. The van der Waals surface area contributed by atoms with Crippen LogP contribution >= 0.6 is 0 Å². The quantitative estimate of drug-likeness (QED) is 0.702. The maximum absolute atomic E-state index is 10.0. The van der Waals surface area contributed by atoms with Crippen LogP contribution in [0, 0.1) is 20.8 Å². The Bertz CT molecular complexity index is 839. The molecule has 0 aromatic heterocycles. The number of rotatable bonds is 0. The topological polar surface area (TPSA) is 58.9 Å². The highest BCUT2D eigenvalue weighted by Crippen LogP contribution is 2.42. The standard InChI is InChI=1S/C14H20O2.C9H10O2/c1-8-9(2)13-11(10(3)12(8)15)6-7-14(4,5)16-13;10-9-6-5-7-3-1-2-4-8(7)11-9/h15H,6-7H2,1-5H3;1-4,9-10H,5-6H2. The van der Waals surface area contributed by atoms with Crippen LogP contribution in [0.4, 0.5) is 0 Å². The average Bonchev–Trinajstić information content (AvgIpc) is 2.64. The fourth-order valence-corrected chi connectivity index (χ4v) is 3.67. The number of aryl methyl sites for hydroxylation is 1. The van der Waals surface area contributed by atoms with Gasteiger partial charge in [-0.05, 0) is 82.2 Å². The first-order valence-electron chi connectivity index (χ1n) is 9.63. The Labute approximate surface area is 161 Å². The third-order valence-corrected chi connectivity index (χ3v) is 5.59. The fraction of sp³-hybridized carbons (Fsp3) is 0.478. The number of para-hydroxylation sites is 1. The van der Waals surface area contributed by atoms with Gasteiger partial charge in [-0.15, -0.1) is 0 Å². The summed E-state index contributed by atoms with van der Waals surface area (Å²) in [6, 6.07) is 7.82. The van der Waals surface area contributed by atoms with E-state index in [1.807, 2.05) is 45.0 Å². The van der Waals surface area contributed by atoms with Crippen LogP contribution in [0.1, 0.15) is 54.5 Å². The molecule has 4 rings (SSSR count). The Balaban J connectivity index is 0.000000166. The van der Waals surface area contributed by atoms with Gasteiger partial charge in [0.15, 0.2) is 6.29 Å². The molecule has 4 heteroatoms. The van der Waals surface area contributed by atoms with Crippen LogP contribution in [0.3, 0.4) is 0 Å². The molecule has 2 aromatic carbocycles. The van der Waals surface area contributed by atoms with Crippen LogP contribution in [0.25, 0.3) is 0 Å². The Morgan fingerprint density at radius 2 is 1.70 bits per heavy atom. The van der Waals surface area contributed by atoms with E-state index in [9.17, 15) is 5.11 Å². The van der Waals surface area contributed by atoms with Crippen LogP contribution in [0.15, 0.2) is 24.3 Å². The molecule has 2 heterocycles. The van der Waals surface area contributed by atoms with E-state index in [2.05, 4.69) is 13.8 Å². The normalized spacial score (nSPS) is 19.6. The van der Waals surface area contributed by atoms with Crippen molar-refractivity contribution in [1.82, 2.24) is 0 Å². The molecule has 0 radical (unpaired) electrons. The molecular weight excluding hydrogens is 340 g/mol.